The fourth-order valence-electron chi connectivity index (χ4n) is 2.17. The highest BCUT2D eigenvalue weighted by atomic mass is 127. The number of halogens is 1. The SMILES string of the molecule is CN=C(NCCOc1cccc(OC)c1)NCC(C)c1cccs1.I. The van der Waals surface area contributed by atoms with Crippen LogP contribution in [-0.2, 0) is 0 Å². The predicted molar refractivity (Wildman–Crippen MR) is 116 cm³/mol. The van der Waals surface area contributed by atoms with Crippen LogP contribution in [0.3, 0.4) is 0 Å². The van der Waals surface area contributed by atoms with E-state index in [0.717, 1.165) is 24.0 Å². The topological polar surface area (TPSA) is 54.9 Å². The van der Waals surface area contributed by atoms with Crippen LogP contribution in [0.15, 0.2) is 46.8 Å². The Bertz CT molecular complexity index is 635. The number of hydrogen-bond donors (Lipinski definition) is 2. The molecule has 0 saturated heterocycles. The normalized spacial score (nSPS) is 12.0. The lowest BCUT2D eigenvalue weighted by Gasteiger charge is -2.15. The Hall–Kier alpha value is -1.48. The van der Waals surface area contributed by atoms with Crippen molar-refractivity contribution in [3.05, 3.63) is 46.7 Å². The second-order valence-corrected chi connectivity index (χ2v) is 6.30. The third-order valence-electron chi connectivity index (χ3n) is 3.53. The summed E-state index contributed by atoms with van der Waals surface area (Å²) in [7, 11) is 3.42. The van der Waals surface area contributed by atoms with E-state index in [2.05, 4.69) is 40.1 Å². The lowest BCUT2D eigenvalue weighted by atomic mass is 10.1. The van der Waals surface area contributed by atoms with Gasteiger partial charge in [-0.3, -0.25) is 4.99 Å². The van der Waals surface area contributed by atoms with Gasteiger partial charge < -0.3 is 20.1 Å². The number of nitrogens with zero attached hydrogens (tertiary/aromatic N) is 1. The molecule has 0 bridgehead atoms. The van der Waals surface area contributed by atoms with Crippen LogP contribution >= 0.6 is 35.3 Å². The minimum absolute atomic E-state index is 0. The lowest BCUT2D eigenvalue weighted by molar-refractivity contribution is 0.319. The molecule has 138 valence electrons. The summed E-state index contributed by atoms with van der Waals surface area (Å²) in [6, 6.07) is 11.8. The maximum Gasteiger partial charge on any atom is 0.191 e. The molecule has 0 aliphatic carbocycles. The van der Waals surface area contributed by atoms with E-state index in [-0.39, 0.29) is 24.0 Å². The quantitative estimate of drug-likeness (QED) is 0.265. The first kappa shape index (κ1) is 21.6. The van der Waals surface area contributed by atoms with Crippen molar-refractivity contribution in [3.8, 4) is 11.5 Å². The molecule has 1 heterocycles. The highest BCUT2D eigenvalue weighted by Gasteiger charge is 2.07. The summed E-state index contributed by atoms with van der Waals surface area (Å²) >= 11 is 1.78. The van der Waals surface area contributed by atoms with Gasteiger partial charge in [0.15, 0.2) is 5.96 Å². The van der Waals surface area contributed by atoms with Crippen LogP contribution in [0.5, 0.6) is 11.5 Å². The number of thiophene rings is 1. The summed E-state index contributed by atoms with van der Waals surface area (Å²) in [6.45, 7) is 4.27. The van der Waals surface area contributed by atoms with Gasteiger partial charge in [0.05, 0.1) is 13.7 Å². The van der Waals surface area contributed by atoms with Gasteiger partial charge in [-0.2, -0.15) is 0 Å². The van der Waals surface area contributed by atoms with Crippen molar-refractivity contribution in [3.63, 3.8) is 0 Å². The van der Waals surface area contributed by atoms with E-state index < -0.39 is 0 Å². The van der Waals surface area contributed by atoms with Crippen LogP contribution in [0.1, 0.15) is 17.7 Å². The fraction of sp³-hybridized carbons (Fsp3) is 0.389. The molecule has 7 heteroatoms. The molecule has 2 N–H and O–H groups in total. The average molecular weight is 475 g/mol. The average Bonchev–Trinajstić information content (AvgIpc) is 3.16. The molecular weight excluding hydrogens is 449 g/mol. The van der Waals surface area contributed by atoms with Gasteiger partial charge in [0.1, 0.15) is 18.1 Å². The number of methoxy groups -OCH3 is 1. The van der Waals surface area contributed by atoms with E-state index in [4.69, 9.17) is 9.47 Å². The van der Waals surface area contributed by atoms with Gasteiger partial charge in [0.25, 0.3) is 0 Å². The molecular formula is C18H26IN3O2S. The van der Waals surface area contributed by atoms with Gasteiger partial charge >= 0.3 is 0 Å². The maximum atomic E-state index is 5.70. The van der Waals surface area contributed by atoms with Crippen LogP contribution < -0.4 is 20.1 Å². The van der Waals surface area contributed by atoms with Crippen LogP contribution in [-0.4, -0.2) is 39.8 Å². The molecule has 0 aliphatic heterocycles. The fourth-order valence-corrected chi connectivity index (χ4v) is 2.96. The van der Waals surface area contributed by atoms with Crippen molar-refractivity contribution in [2.45, 2.75) is 12.8 Å². The number of aliphatic imine (C=N–C) groups is 1. The number of hydrogen-bond acceptors (Lipinski definition) is 4. The molecule has 0 amide bonds. The predicted octanol–water partition coefficient (Wildman–Crippen LogP) is 3.72. The summed E-state index contributed by atoms with van der Waals surface area (Å²) in [5.41, 5.74) is 0. The maximum absolute atomic E-state index is 5.70. The Morgan fingerprint density at radius 3 is 2.68 bits per heavy atom. The number of rotatable bonds is 8. The Balaban J connectivity index is 0.00000312. The monoisotopic (exact) mass is 475 g/mol. The third kappa shape index (κ3) is 7.52. The number of nitrogens with one attached hydrogen (secondary N) is 2. The van der Waals surface area contributed by atoms with Crippen LogP contribution in [0.2, 0.25) is 0 Å². The van der Waals surface area contributed by atoms with Gasteiger partial charge in [0.2, 0.25) is 0 Å². The summed E-state index contributed by atoms with van der Waals surface area (Å²) in [6.07, 6.45) is 0. The first-order chi connectivity index (χ1) is 11.7. The van der Waals surface area contributed by atoms with Gasteiger partial charge in [-0.1, -0.05) is 19.1 Å². The highest BCUT2D eigenvalue weighted by Crippen LogP contribution is 2.19. The van der Waals surface area contributed by atoms with Gasteiger partial charge in [-0.25, -0.2) is 0 Å². The smallest absolute Gasteiger partial charge is 0.191 e. The van der Waals surface area contributed by atoms with E-state index in [0.29, 0.717) is 19.1 Å². The lowest BCUT2D eigenvalue weighted by Crippen LogP contribution is -2.40. The highest BCUT2D eigenvalue weighted by molar-refractivity contribution is 14.0. The van der Waals surface area contributed by atoms with E-state index in [1.54, 1.807) is 25.5 Å². The molecule has 2 aromatic rings. The summed E-state index contributed by atoms with van der Waals surface area (Å²) in [5.74, 6) is 2.83. The van der Waals surface area contributed by atoms with Crippen molar-refractivity contribution < 1.29 is 9.47 Å². The van der Waals surface area contributed by atoms with Crippen molar-refractivity contribution in [2.24, 2.45) is 4.99 Å². The molecule has 5 nitrogen and oxygen atoms in total. The Kier molecular flexibility index (Phi) is 10.3. The Morgan fingerprint density at radius 2 is 2.00 bits per heavy atom. The van der Waals surface area contributed by atoms with Crippen molar-refractivity contribution >= 4 is 41.3 Å². The number of guanidine groups is 1. The summed E-state index contributed by atoms with van der Waals surface area (Å²) in [5, 5.41) is 8.71. The molecule has 1 unspecified atom stereocenters. The molecule has 0 radical (unpaired) electrons. The van der Waals surface area contributed by atoms with E-state index in [1.165, 1.54) is 4.88 Å². The van der Waals surface area contributed by atoms with Gasteiger partial charge in [-0.05, 0) is 23.6 Å². The van der Waals surface area contributed by atoms with Crippen molar-refractivity contribution in [2.75, 3.05) is 33.9 Å². The second-order valence-electron chi connectivity index (χ2n) is 5.32. The zero-order valence-electron chi connectivity index (χ0n) is 14.8. The van der Waals surface area contributed by atoms with Gasteiger partial charge in [-0.15, -0.1) is 35.3 Å². The number of benzene rings is 1. The molecule has 0 aliphatic rings. The molecule has 0 fully saturated rings. The van der Waals surface area contributed by atoms with Crippen LogP contribution in [0.4, 0.5) is 0 Å². The third-order valence-corrected chi connectivity index (χ3v) is 4.64. The minimum Gasteiger partial charge on any atom is -0.497 e. The van der Waals surface area contributed by atoms with E-state index in [1.807, 2.05) is 24.3 Å². The van der Waals surface area contributed by atoms with Crippen molar-refractivity contribution in [1.82, 2.24) is 10.6 Å². The minimum atomic E-state index is 0. The molecule has 25 heavy (non-hydrogen) atoms. The molecule has 0 saturated carbocycles. The van der Waals surface area contributed by atoms with Crippen LogP contribution in [0, 0.1) is 0 Å². The largest absolute Gasteiger partial charge is 0.497 e. The molecule has 0 spiro atoms. The standard InChI is InChI=1S/C18H25N3O2S.HI/c1-14(17-8-5-11-24-17)13-21-18(19-2)20-9-10-23-16-7-4-6-15(12-16)22-3;/h4-8,11-12,14H,9-10,13H2,1-3H3,(H2,19,20,21);1H. The molecule has 2 rings (SSSR count). The zero-order chi connectivity index (χ0) is 17.2. The summed E-state index contributed by atoms with van der Waals surface area (Å²) < 4.78 is 10.9. The second kappa shape index (κ2) is 12.0. The van der Waals surface area contributed by atoms with Crippen LogP contribution in [0.25, 0.3) is 0 Å². The van der Waals surface area contributed by atoms with E-state index in [9.17, 15) is 0 Å². The first-order valence-electron chi connectivity index (χ1n) is 7.97. The Morgan fingerprint density at radius 1 is 1.20 bits per heavy atom. The Labute approximate surface area is 170 Å². The zero-order valence-corrected chi connectivity index (χ0v) is 18.0. The molecule has 1 aromatic carbocycles. The molecule has 1 atom stereocenters. The van der Waals surface area contributed by atoms with Crippen molar-refractivity contribution in [1.29, 1.82) is 0 Å². The summed E-state index contributed by atoms with van der Waals surface area (Å²) in [4.78, 5) is 5.61. The van der Waals surface area contributed by atoms with Gasteiger partial charge in [0, 0.05) is 30.5 Å². The van der Waals surface area contributed by atoms with E-state index >= 15 is 0 Å². The first-order valence-corrected chi connectivity index (χ1v) is 8.85. The molecule has 1 aromatic heterocycles. The number of ether oxygens (including phenoxy) is 2.